The summed E-state index contributed by atoms with van der Waals surface area (Å²) in [5.74, 6) is 7.12. The first-order chi connectivity index (χ1) is 30.6. The Morgan fingerprint density at radius 3 is 1.33 bits per heavy atom. The first-order valence-electron chi connectivity index (χ1n) is 23.6. The van der Waals surface area contributed by atoms with Crippen molar-refractivity contribution in [3.8, 4) is 33.4 Å². The molecule has 63 heavy (non-hydrogen) atoms. The number of aryl methyl sites for hydroxylation is 1. The Labute approximate surface area is 388 Å². The molecule has 2 N–H and O–H groups in total. The van der Waals surface area contributed by atoms with Gasteiger partial charge < -0.3 is 10.0 Å². The number of hydrogen-bond donors (Lipinski definition) is 2. The van der Waals surface area contributed by atoms with Gasteiger partial charge >= 0.3 is 7.12 Å². The lowest BCUT2D eigenvalue weighted by atomic mass is 9.42. The van der Waals surface area contributed by atoms with Crippen LogP contribution in [0.5, 0.6) is 0 Å². The van der Waals surface area contributed by atoms with Gasteiger partial charge in [0.15, 0.2) is 0 Å². The molecule has 10 aliphatic carbocycles. The smallest absolute Gasteiger partial charge is 0.423 e. The third kappa shape index (κ3) is 6.12. The summed E-state index contributed by atoms with van der Waals surface area (Å²) in [4.78, 5) is 0. The van der Waals surface area contributed by atoms with Crippen LogP contribution in [0.1, 0.15) is 92.0 Å². The quantitative estimate of drug-likeness (QED) is 0.170. The van der Waals surface area contributed by atoms with Crippen LogP contribution in [-0.2, 0) is 10.8 Å². The molecule has 0 aromatic heterocycles. The third-order valence-corrected chi connectivity index (χ3v) is 18.5. The molecule has 10 aliphatic rings. The Hall–Kier alpha value is -3.83. The van der Waals surface area contributed by atoms with E-state index in [1.165, 1.54) is 109 Å². The van der Waals surface area contributed by atoms with Crippen LogP contribution in [0.25, 0.3) is 33.4 Å². The van der Waals surface area contributed by atoms with E-state index in [1.54, 1.807) is 41.0 Å². The van der Waals surface area contributed by atoms with Crippen LogP contribution < -0.4 is 5.46 Å². The minimum atomic E-state index is -1.41. The van der Waals surface area contributed by atoms with Gasteiger partial charge in [-0.3, -0.25) is 0 Å². The Kier molecular flexibility index (Phi) is 9.93. The van der Waals surface area contributed by atoms with Crippen molar-refractivity contribution >= 4 is 47.4 Å². The van der Waals surface area contributed by atoms with Crippen molar-refractivity contribution in [1.82, 2.24) is 0 Å². The summed E-state index contributed by atoms with van der Waals surface area (Å²) in [5.41, 5.74) is 17.2. The molecule has 16 rings (SSSR count). The van der Waals surface area contributed by atoms with Crippen molar-refractivity contribution in [3.63, 3.8) is 0 Å². The molecule has 8 saturated carbocycles. The number of benzene rings is 6. The Bertz CT molecular complexity index is 2700. The van der Waals surface area contributed by atoms with Gasteiger partial charge in [-0.15, -0.1) is 0 Å². The van der Waals surface area contributed by atoms with Gasteiger partial charge in [-0.05, 0) is 215 Å². The second-order valence-corrected chi connectivity index (χ2v) is 22.0. The molecule has 2 nitrogen and oxygen atoms in total. The van der Waals surface area contributed by atoms with Crippen molar-refractivity contribution in [2.24, 2.45) is 47.3 Å². The summed E-state index contributed by atoms with van der Waals surface area (Å²) < 4.78 is 0. The molecule has 2 spiro atoms. The summed E-state index contributed by atoms with van der Waals surface area (Å²) in [7, 11) is -1.41. The van der Waals surface area contributed by atoms with Crippen LogP contribution in [0.2, 0.25) is 15.1 Å². The van der Waals surface area contributed by atoms with E-state index in [9.17, 15) is 0 Å². The van der Waals surface area contributed by atoms with Gasteiger partial charge in [0.2, 0.25) is 0 Å². The molecule has 0 amide bonds. The average molecular weight is 888 g/mol. The molecular formula is C57H54BCl3O2. The van der Waals surface area contributed by atoms with Crippen molar-refractivity contribution in [3.05, 3.63) is 170 Å². The van der Waals surface area contributed by atoms with Crippen LogP contribution in [0.4, 0.5) is 0 Å². The van der Waals surface area contributed by atoms with E-state index in [-0.39, 0.29) is 10.8 Å². The lowest BCUT2D eigenvalue weighted by Crippen LogP contribution is -2.55. The van der Waals surface area contributed by atoms with Crippen LogP contribution >= 0.6 is 34.8 Å². The van der Waals surface area contributed by atoms with Crippen molar-refractivity contribution < 1.29 is 10.0 Å². The highest BCUT2D eigenvalue weighted by Crippen LogP contribution is 2.72. The number of halogens is 3. The van der Waals surface area contributed by atoms with Crippen LogP contribution in [0.15, 0.2) is 127 Å². The highest BCUT2D eigenvalue weighted by Gasteiger charge is 2.63. The largest absolute Gasteiger partial charge is 0.488 e. The van der Waals surface area contributed by atoms with Crippen molar-refractivity contribution in [2.45, 2.75) is 82.0 Å². The Balaban J connectivity index is 0.000000113. The Morgan fingerprint density at radius 1 is 0.429 bits per heavy atom. The lowest BCUT2D eigenvalue weighted by Gasteiger charge is -2.61. The standard InChI is InChI=1S/C29H27Cl.C22H21Cl.C6H6BClO2/c1-17-11-22(30)9-10-23(17)25-6-4-7-26-24-5-2-3-8-27(24)29(28(25)26)20-13-18-12-19(15-20)16-21(29)14-18;23-20-7-3-5-18-17-4-1-2-6-19(17)22(21(18)20)15-9-13-8-14(11-15)12-16(22)10-13;8-6-3-1-5(2-4-6)7(9)10/h2-11,18-21H,12-16H2,1H3;1-7,13-16H,8-12H2;1-4,9-10H. The van der Waals surface area contributed by atoms with E-state index < -0.39 is 7.12 Å². The summed E-state index contributed by atoms with van der Waals surface area (Å²) in [6.45, 7) is 2.21. The Morgan fingerprint density at radius 2 is 0.841 bits per heavy atom. The summed E-state index contributed by atoms with van der Waals surface area (Å²) in [6, 6.07) is 44.9. The van der Waals surface area contributed by atoms with Gasteiger partial charge in [0.1, 0.15) is 0 Å². The highest BCUT2D eigenvalue weighted by atomic mass is 35.5. The second-order valence-electron chi connectivity index (χ2n) is 20.7. The molecule has 0 aliphatic heterocycles. The fourth-order valence-corrected chi connectivity index (χ4v) is 16.8. The molecule has 8 fully saturated rings. The number of hydrogen-bond acceptors (Lipinski definition) is 2. The van der Waals surface area contributed by atoms with E-state index in [0.717, 1.165) is 57.4 Å². The fraction of sp³-hybridized carbons (Fsp3) is 0.368. The molecule has 0 heterocycles. The maximum Gasteiger partial charge on any atom is 0.488 e. The first kappa shape index (κ1) is 40.7. The van der Waals surface area contributed by atoms with Crippen LogP contribution in [0.3, 0.4) is 0 Å². The fourth-order valence-electron chi connectivity index (χ4n) is 16.2. The molecule has 0 saturated heterocycles. The predicted molar refractivity (Wildman–Crippen MR) is 261 cm³/mol. The summed E-state index contributed by atoms with van der Waals surface area (Å²) in [6.07, 6.45) is 14.4. The molecule has 318 valence electrons. The zero-order chi connectivity index (χ0) is 42.8. The summed E-state index contributed by atoms with van der Waals surface area (Å²) in [5, 5.41) is 19.7. The zero-order valence-electron chi connectivity index (χ0n) is 35.9. The van der Waals surface area contributed by atoms with E-state index >= 15 is 0 Å². The first-order valence-corrected chi connectivity index (χ1v) is 24.8. The van der Waals surface area contributed by atoms with Gasteiger partial charge in [0.05, 0.1) is 0 Å². The van der Waals surface area contributed by atoms with E-state index in [4.69, 9.17) is 44.9 Å². The van der Waals surface area contributed by atoms with Crippen molar-refractivity contribution in [2.75, 3.05) is 0 Å². The maximum atomic E-state index is 8.63. The second kappa shape index (κ2) is 15.4. The minimum Gasteiger partial charge on any atom is -0.423 e. The number of fused-ring (bicyclic) bond motifs is 6. The highest BCUT2D eigenvalue weighted by molar-refractivity contribution is 6.58. The molecule has 6 heteroatoms. The topological polar surface area (TPSA) is 40.5 Å². The molecular weight excluding hydrogens is 834 g/mol. The average Bonchev–Trinajstić information content (AvgIpc) is 3.75. The normalized spacial score (nSPS) is 31.1. The van der Waals surface area contributed by atoms with E-state index in [1.807, 2.05) is 0 Å². The monoisotopic (exact) mass is 886 g/mol. The molecule has 0 radical (unpaired) electrons. The van der Waals surface area contributed by atoms with Gasteiger partial charge in [0.25, 0.3) is 0 Å². The van der Waals surface area contributed by atoms with Gasteiger partial charge in [-0.25, -0.2) is 0 Å². The van der Waals surface area contributed by atoms with E-state index in [2.05, 4.69) is 110 Å². The van der Waals surface area contributed by atoms with Gasteiger partial charge in [-0.2, -0.15) is 0 Å². The zero-order valence-corrected chi connectivity index (χ0v) is 38.2. The predicted octanol–water partition coefficient (Wildman–Crippen LogP) is 14.1. The maximum absolute atomic E-state index is 8.63. The van der Waals surface area contributed by atoms with E-state index in [0.29, 0.717) is 10.5 Å². The molecule has 8 bridgehead atoms. The number of rotatable bonds is 2. The molecule has 6 aromatic rings. The molecule has 0 unspecified atom stereocenters. The SMILES string of the molecule is Cc1cc(Cl)ccc1-c1cccc2c1C1(c3ccccc3-2)C2CC3CC(C2)CC1C3.Clc1cccc2c1C1(c3ccccc3-2)C2CC3CC(C2)CC1C3.OB(O)c1ccc(Cl)cc1. The third-order valence-electron chi connectivity index (χ3n) is 17.7. The van der Waals surface area contributed by atoms with Crippen LogP contribution in [-0.4, -0.2) is 17.2 Å². The summed E-state index contributed by atoms with van der Waals surface area (Å²) >= 11 is 18.7. The van der Waals surface area contributed by atoms with Gasteiger partial charge in [-0.1, -0.05) is 132 Å². The molecule has 0 atom stereocenters. The molecule has 6 aromatic carbocycles. The lowest BCUT2D eigenvalue weighted by molar-refractivity contribution is -0.0399. The minimum absolute atomic E-state index is 0.210. The van der Waals surface area contributed by atoms with Crippen LogP contribution in [0, 0.1) is 54.3 Å². The van der Waals surface area contributed by atoms with Crippen molar-refractivity contribution in [1.29, 1.82) is 0 Å². The van der Waals surface area contributed by atoms with Gasteiger partial charge in [0, 0.05) is 25.9 Å².